The minimum atomic E-state index is -0.522. The van der Waals surface area contributed by atoms with Crippen LogP contribution >= 0.6 is 0 Å². The predicted molar refractivity (Wildman–Crippen MR) is 257 cm³/mol. The van der Waals surface area contributed by atoms with E-state index >= 15 is 0 Å². The molecule has 0 spiro atoms. The lowest BCUT2D eigenvalue weighted by Crippen LogP contribution is -2.38. The number of anilines is 1. The smallest absolute Gasteiger partial charge is 0.305 e. The molecule has 0 unspecified atom stereocenters. The second kappa shape index (κ2) is 39.2. The van der Waals surface area contributed by atoms with Gasteiger partial charge in [-0.2, -0.15) is 0 Å². The molecule has 1 aromatic carbocycles. The monoisotopic (exact) mass is 861 g/mol. The van der Waals surface area contributed by atoms with Crippen LogP contribution < -0.4 is 20.9 Å². The van der Waals surface area contributed by atoms with Crippen LogP contribution in [0.3, 0.4) is 0 Å². The van der Waals surface area contributed by atoms with E-state index in [4.69, 9.17) is 14.2 Å². The van der Waals surface area contributed by atoms with Gasteiger partial charge in [0.2, 0.25) is 0 Å². The van der Waals surface area contributed by atoms with Gasteiger partial charge in [0.15, 0.2) is 5.75 Å². The second-order valence-electron chi connectivity index (χ2n) is 18.5. The molecule has 1 N–H and O–H groups in total. The topological polar surface area (TPSA) is 111 Å². The summed E-state index contributed by atoms with van der Waals surface area (Å²) in [6.07, 6.45) is 35.3. The molecular formula is C52H96N2O7. The average molecular weight is 861 g/mol. The van der Waals surface area contributed by atoms with Crippen LogP contribution in [0.4, 0.5) is 5.69 Å². The third kappa shape index (κ3) is 30.3. The first kappa shape index (κ1) is 56.6. The Morgan fingerprint density at radius 3 is 1.30 bits per heavy atom. The fourth-order valence-electron chi connectivity index (χ4n) is 8.45. The first-order chi connectivity index (χ1) is 29.7. The highest BCUT2D eigenvalue weighted by atomic mass is 16.5. The van der Waals surface area contributed by atoms with Gasteiger partial charge in [-0.3, -0.25) is 19.2 Å². The van der Waals surface area contributed by atoms with E-state index in [9.17, 15) is 19.2 Å². The van der Waals surface area contributed by atoms with Crippen molar-refractivity contribution in [3.8, 4) is 5.75 Å². The highest BCUT2D eigenvalue weighted by Crippen LogP contribution is 2.25. The van der Waals surface area contributed by atoms with Crippen LogP contribution in [-0.4, -0.2) is 63.3 Å². The summed E-state index contributed by atoms with van der Waals surface area (Å²) in [5, 5.41) is 3.17. The molecule has 0 radical (unpaired) electrons. The zero-order valence-electron chi connectivity index (χ0n) is 40.7. The van der Waals surface area contributed by atoms with E-state index in [2.05, 4.69) is 37.9 Å². The van der Waals surface area contributed by atoms with Crippen molar-refractivity contribution in [2.75, 3.05) is 45.7 Å². The van der Waals surface area contributed by atoms with Gasteiger partial charge in [0.05, 0.1) is 19.3 Å². The third-order valence-corrected chi connectivity index (χ3v) is 12.5. The van der Waals surface area contributed by atoms with Crippen LogP contribution in [0.5, 0.6) is 5.75 Å². The maximum atomic E-state index is 12.6. The van der Waals surface area contributed by atoms with Crippen LogP contribution in [0.25, 0.3) is 0 Å². The van der Waals surface area contributed by atoms with Crippen LogP contribution in [0, 0.1) is 11.8 Å². The van der Waals surface area contributed by atoms with Crippen LogP contribution in [0.1, 0.15) is 240 Å². The molecule has 1 rings (SSSR count). The third-order valence-electron chi connectivity index (χ3n) is 12.5. The van der Waals surface area contributed by atoms with Crippen molar-refractivity contribution >= 4 is 17.6 Å². The molecule has 9 heteroatoms. The fourth-order valence-corrected chi connectivity index (χ4v) is 8.45. The van der Waals surface area contributed by atoms with Gasteiger partial charge in [-0.05, 0) is 90.3 Å². The Bertz CT molecular complexity index is 1180. The molecule has 356 valence electrons. The van der Waals surface area contributed by atoms with E-state index in [-0.39, 0.29) is 23.8 Å². The molecule has 0 aliphatic rings. The van der Waals surface area contributed by atoms with Gasteiger partial charge in [0.1, 0.15) is 5.69 Å². The van der Waals surface area contributed by atoms with Crippen LogP contribution in [0.15, 0.2) is 9.59 Å². The number of nitrogens with zero attached hydrogens (tertiary/aromatic N) is 1. The Morgan fingerprint density at radius 2 is 0.885 bits per heavy atom. The molecule has 0 amide bonds. The summed E-state index contributed by atoms with van der Waals surface area (Å²) in [5.41, 5.74) is -0.668. The minimum Gasteiger partial charge on any atom is -0.484 e. The fraction of sp³-hybridized carbons (Fsp3) is 0.885. The number of esters is 2. The summed E-state index contributed by atoms with van der Waals surface area (Å²) in [4.78, 5) is 52.1. The number of rotatable bonds is 45. The zero-order valence-corrected chi connectivity index (χ0v) is 40.7. The van der Waals surface area contributed by atoms with Crippen molar-refractivity contribution in [1.82, 2.24) is 4.90 Å². The van der Waals surface area contributed by atoms with Crippen molar-refractivity contribution < 1.29 is 23.8 Å². The van der Waals surface area contributed by atoms with E-state index in [0.29, 0.717) is 50.1 Å². The molecule has 9 nitrogen and oxygen atoms in total. The molecule has 0 fully saturated rings. The lowest BCUT2D eigenvalue weighted by atomic mass is 9.92. The van der Waals surface area contributed by atoms with E-state index in [1.807, 2.05) is 14.1 Å². The number of nitrogens with one attached hydrogen (secondary N) is 1. The van der Waals surface area contributed by atoms with E-state index in [1.165, 1.54) is 103 Å². The van der Waals surface area contributed by atoms with Gasteiger partial charge in [-0.15, -0.1) is 0 Å². The van der Waals surface area contributed by atoms with Crippen molar-refractivity contribution in [3.63, 3.8) is 0 Å². The molecule has 0 aromatic heterocycles. The number of carbonyl (C=O) groups is 2. The molecule has 0 atom stereocenters. The highest BCUT2D eigenvalue weighted by molar-refractivity contribution is 5.69. The molecule has 61 heavy (non-hydrogen) atoms. The molecule has 0 saturated carbocycles. The lowest BCUT2D eigenvalue weighted by molar-refractivity contribution is -0.145. The molecule has 0 heterocycles. The van der Waals surface area contributed by atoms with Crippen molar-refractivity contribution in [2.24, 2.45) is 11.8 Å². The SMILES string of the molecule is CCCCCC(CCCCC)CCOC(=O)CCCCCCCC(CCCCCCCC(=O)OCCC(CCCCC)CCCCC)Oc1c(NCCCN(C)C)c(=O)c1=O. The summed E-state index contributed by atoms with van der Waals surface area (Å²) in [6.45, 7) is 11.6. The largest absolute Gasteiger partial charge is 0.484 e. The molecule has 0 aliphatic carbocycles. The maximum absolute atomic E-state index is 12.6. The summed E-state index contributed by atoms with van der Waals surface area (Å²) in [7, 11) is 4.03. The summed E-state index contributed by atoms with van der Waals surface area (Å²) in [6, 6.07) is 0. The van der Waals surface area contributed by atoms with Gasteiger partial charge in [-0.1, -0.05) is 169 Å². The van der Waals surface area contributed by atoms with Crippen LogP contribution in [-0.2, 0) is 19.1 Å². The van der Waals surface area contributed by atoms with Gasteiger partial charge in [0, 0.05) is 19.4 Å². The molecule has 0 bridgehead atoms. The van der Waals surface area contributed by atoms with Crippen molar-refractivity contribution in [2.45, 2.75) is 246 Å². The molecule has 1 aromatic rings. The van der Waals surface area contributed by atoms with Gasteiger partial charge in [0.25, 0.3) is 10.9 Å². The summed E-state index contributed by atoms with van der Waals surface area (Å²) >= 11 is 0. The Labute approximate surface area is 374 Å². The van der Waals surface area contributed by atoms with E-state index in [0.717, 1.165) is 103 Å². The highest BCUT2D eigenvalue weighted by Gasteiger charge is 2.25. The van der Waals surface area contributed by atoms with E-state index < -0.39 is 10.9 Å². The van der Waals surface area contributed by atoms with Crippen molar-refractivity contribution in [3.05, 3.63) is 20.4 Å². The summed E-state index contributed by atoms with van der Waals surface area (Å²) in [5.74, 6) is 1.41. The molecule has 0 aliphatic heterocycles. The first-order valence-electron chi connectivity index (χ1n) is 25.9. The normalized spacial score (nSPS) is 11.8. The standard InChI is InChI=1S/C52H96N2O7/c1-7-11-21-30-44(31-22-12-8-2)38-42-59-47(55)36-27-19-15-17-25-34-46(61-52-49(50(57)51(52)58)53-40-29-41-54(5)6)35-26-18-16-20-28-37-48(56)60-43-39-45(32-23-13-9-3)33-24-14-10-4/h44-46,53H,7-43H2,1-6H3. The second-order valence-corrected chi connectivity index (χ2v) is 18.5. The minimum absolute atomic E-state index is 0.0666. The van der Waals surface area contributed by atoms with Gasteiger partial charge in [-0.25, -0.2) is 0 Å². The Balaban J connectivity index is 2.48. The van der Waals surface area contributed by atoms with E-state index in [1.54, 1.807) is 0 Å². The first-order valence-corrected chi connectivity index (χ1v) is 25.9. The lowest BCUT2D eigenvalue weighted by Gasteiger charge is -2.22. The number of hydrogen-bond donors (Lipinski definition) is 1. The quantitative estimate of drug-likeness (QED) is 0.0389. The number of carbonyl (C=O) groups excluding carboxylic acids is 2. The number of ether oxygens (including phenoxy) is 3. The van der Waals surface area contributed by atoms with Crippen LogP contribution in [0.2, 0.25) is 0 Å². The maximum Gasteiger partial charge on any atom is 0.305 e. The Morgan fingerprint density at radius 1 is 0.492 bits per heavy atom. The van der Waals surface area contributed by atoms with Gasteiger partial charge < -0.3 is 24.4 Å². The Hall–Kier alpha value is -2.42. The summed E-state index contributed by atoms with van der Waals surface area (Å²) < 4.78 is 17.6. The zero-order chi connectivity index (χ0) is 44.8. The Kier molecular flexibility index (Phi) is 36.4. The average Bonchev–Trinajstić information content (AvgIpc) is 3.24. The predicted octanol–water partition coefficient (Wildman–Crippen LogP) is 13.3. The number of unbranched alkanes of at least 4 members (excludes halogenated alkanes) is 16. The molecular weight excluding hydrogens is 765 g/mol. The molecule has 0 saturated heterocycles. The van der Waals surface area contributed by atoms with Crippen molar-refractivity contribution in [1.29, 1.82) is 0 Å². The number of hydrogen-bond acceptors (Lipinski definition) is 9. The van der Waals surface area contributed by atoms with Gasteiger partial charge >= 0.3 is 11.9 Å².